The second-order valence-corrected chi connectivity index (χ2v) is 7.36. The Morgan fingerprint density at radius 2 is 1.85 bits per heavy atom. The number of anilines is 1. The molecule has 148 valence electrons. The van der Waals surface area contributed by atoms with Gasteiger partial charge >= 0.3 is 6.03 Å². The molecule has 2 fully saturated rings. The topological polar surface area (TPSA) is 61.9 Å². The van der Waals surface area contributed by atoms with Gasteiger partial charge < -0.3 is 19.9 Å². The summed E-state index contributed by atoms with van der Waals surface area (Å²) in [5.74, 6) is -0.755. The summed E-state index contributed by atoms with van der Waals surface area (Å²) >= 11 is 0. The number of amides is 3. The van der Waals surface area contributed by atoms with Crippen molar-refractivity contribution in [3.63, 3.8) is 0 Å². The molecule has 0 aromatic heterocycles. The predicted molar refractivity (Wildman–Crippen MR) is 101 cm³/mol. The lowest BCUT2D eigenvalue weighted by Gasteiger charge is -2.37. The van der Waals surface area contributed by atoms with Crippen molar-refractivity contribution in [3.8, 4) is 0 Å². The monoisotopic (exact) mass is 377 g/mol. The van der Waals surface area contributed by atoms with Gasteiger partial charge in [-0.15, -0.1) is 0 Å². The van der Waals surface area contributed by atoms with E-state index < -0.39 is 0 Å². The van der Waals surface area contributed by atoms with Gasteiger partial charge in [0.15, 0.2) is 0 Å². The van der Waals surface area contributed by atoms with Gasteiger partial charge in [0.05, 0.1) is 5.92 Å². The van der Waals surface area contributed by atoms with Crippen LogP contribution in [0, 0.1) is 17.2 Å². The number of likely N-dealkylation sites (tertiary alicyclic amines) is 1. The lowest BCUT2D eigenvalue weighted by atomic mass is 9.71. The number of rotatable bonds is 4. The van der Waals surface area contributed by atoms with Crippen LogP contribution in [0.5, 0.6) is 0 Å². The maximum atomic E-state index is 13.1. The third kappa shape index (κ3) is 4.08. The summed E-state index contributed by atoms with van der Waals surface area (Å²) in [6.45, 7) is 7.40. The van der Waals surface area contributed by atoms with Crippen LogP contribution in [-0.2, 0) is 9.53 Å². The molecule has 0 saturated carbocycles. The zero-order chi connectivity index (χ0) is 19.4. The van der Waals surface area contributed by atoms with Crippen molar-refractivity contribution in [3.05, 3.63) is 30.1 Å². The van der Waals surface area contributed by atoms with Gasteiger partial charge in [-0.05, 0) is 51.0 Å². The van der Waals surface area contributed by atoms with Gasteiger partial charge in [-0.2, -0.15) is 0 Å². The number of hydrogen-bond donors (Lipinski definition) is 1. The van der Waals surface area contributed by atoms with Crippen LogP contribution in [0.15, 0.2) is 24.3 Å². The Kier molecular flexibility index (Phi) is 5.99. The number of nitrogens with zero attached hydrogens (tertiary/aromatic N) is 2. The Hall–Kier alpha value is -2.15. The zero-order valence-electron chi connectivity index (χ0n) is 16.0. The minimum Gasteiger partial charge on any atom is -0.381 e. The van der Waals surface area contributed by atoms with Gasteiger partial charge in [0.2, 0.25) is 5.91 Å². The maximum absolute atomic E-state index is 13.1. The SMILES string of the molecule is CCN(CC)C(=O)N1CC(C(=O)Nc2ccc(F)cc2)C2(CCOCC2)C1. The molecule has 1 atom stereocenters. The fraction of sp³-hybridized carbons (Fsp3) is 0.600. The molecule has 2 aliphatic rings. The number of ether oxygens (including phenoxy) is 1. The molecule has 1 aromatic rings. The first kappa shape index (κ1) is 19.6. The average Bonchev–Trinajstić information content (AvgIpc) is 3.04. The molecule has 2 saturated heterocycles. The fourth-order valence-corrected chi connectivity index (χ4v) is 4.22. The van der Waals surface area contributed by atoms with Gasteiger partial charge in [-0.3, -0.25) is 4.79 Å². The van der Waals surface area contributed by atoms with Crippen molar-refractivity contribution in [2.24, 2.45) is 11.3 Å². The largest absolute Gasteiger partial charge is 0.381 e. The first-order valence-electron chi connectivity index (χ1n) is 9.67. The summed E-state index contributed by atoms with van der Waals surface area (Å²) in [6, 6.07) is 5.74. The second-order valence-electron chi connectivity index (χ2n) is 7.36. The molecule has 0 bridgehead atoms. The highest BCUT2D eigenvalue weighted by Gasteiger charge is 2.52. The van der Waals surface area contributed by atoms with Crippen molar-refractivity contribution in [1.29, 1.82) is 0 Å². The number of carbonyl (C=O) groups is 2. The van der Waals surface area contributed by atoms with E-state index in [0.29, 0.717) is 45.1 Å². The first-order valence-corrected chi connectivity index (χ1v) is 9.67. The second kappa shape index (κ2) is 8.25. The summed E-state index contributed by atoms with van der Waals surface area (Å²) in [4.78, 5) is 29.5. The van der Waals surface area contributed by atoms with Crippen LogP contribution in [0.25, 0.3) is 0 Å². The van der Waals surface area contributed by atoms with Crippen LogP contribution in [0.3, 0.4) is 0 Å². The van der Waals surface area contributed by atoms with Crippen LogP contribution >= 0.6 is 0 Å². The lowest BCUT2D eigenvalue weighted by Crippen LogP contribution is -2.43. The Morgan fingerprint density at radius 3 is 2.44 bits per heavy atom. The number of urea groups is 1. The van der Waals surface area contributed by atoms with E-state index >= 15 is 0 Å². The van der Waals surface area contributed by atoms with Crippen molar-refractivity contribution in [2.45, 2.75) is 26.7 Å². The van der Waals surface area contributed by atoms with Gasteiger partial charge in [0, 0.05) is 50.5 Å². The molecule has 7 heteroatoms. The van der Waals surface area contributed by atoms with Crippen LogP contribution < -0.4 is 5.32 Å². The molecule has 6 nitrogen and oxygen atoms in total. The molecule has 2 heterocycles. The Bertz CT molecular complexity index is 670. The smallest absolute Gasteiger partial charge is 0.320 e. The van der Waals surface area contributed by atoms with E-state index in [0.717, 1.165) is 12.8 Å². The van der Waals surface area contributed by atoms with E-state index in [1.54, 1.807) is 17.0 Å². The van der Waals surface area contributed by atoms with E-state index in [4.69, 9.17) is 4.74 Å². The van der Waals surface area contributed by atoms with E-state index in [9.17, 15) is 14.0 Å². The Labute approximate surface area is 159 Å². The third-order valence-corrected chi connectivity index (χ3v) is 5.87. The van der Waals surface area contributed by atoms with E-state index in [1.807, 2.05) is 18.7 Å². The van der Waals surface area contributed by atoms with E-state index in [1.165, 1.54) is 12.1 Å². The van der Waals surface area contributed by atoms with Gasteiger partial charge in [-0.1, -0.05) is 0 Å². The van der Waals surface area contributed by atoms with Crippen molar-refractivity contribution < 1.29 is 18.7 Å². The van der Waals surface area contributed by atoms with Crippen molar-refractivity contribution in [2.75, 3.05) is 44.7 Å². The molecule has 3 amide bonds. The third-order valence-electron chi connectivity index (χ3n) is 5.87. The van der Waals surface area contributed by atoms with Crippen molar-refractivity contribution >= 4 is 17.6 Å². The molecule has 0 radical (unpaired) electrons. The standard InChI is InChI=1S/C20H28FN3O3/c1-3-23(4-2)19(26)24-13-17(20(14-24)9-11-27-12-10-20)18(25)22-16-7-5-15(21)6-8-16/h5-8,17H,3-4,9-14H2,1-2H3,(H,22,25). The summed E-state index contributed by atoms with van der Waals surface area (Å²) in [6.07, 6.45) is 1.52. The molecular formula is C20H28FN3O3. The number of benzene rings is 1. The number of nitrogens with one attached hydrogen (secondary N) is 1. The van der Waals surface area contributed by atoms with Gasteiger partial charge in [0.1, 0.15) is 5.82 Å². The summed E-state index contributed by atoms with van der Waals surface area (Å²) in [5, 5.41) is 2.90. The van der Waals surface area contributed by atoms with E-state index in [-0.39, 0.29) is 29.1 Å². The highest BCUT2D eigenvalue weighted by molar-refractivity contribution is 5.94. The Balaban J connectivity index is 1.78. The molecule has 1 unspecified atom stereocenters. The molecule has 0 aliphatic carbocycles. The molecule has 1 aromatic carbocycles. The predicted octanol–water partition coefficient (Wildman–Crippen LogP) is 2.95. The summed E-state index contributed by atoms with van der Waals surface area (Å²) < 4.78 is 18.6. The molecule has 1 spiro atoms. The number of hydrogen-bond acceptors (Lipinski definition) is 3. The van der Waals surface area contributed by atoms with Crippen LogP contribution in [-0.4, -0.2) is 61.1 Å². The molecular weight excluding hydrogens is 349 g/mol. The fourth-order valence-electron chi connectivity index (χ4n) is 4.22. The van der Waals surface area contributed by atoms with Crippen LogP contribution in [0.2, 0.25) is 0 Å². The minimum absolute atomic E-state index is 0.0112. The highest BCUT2D eigenvalue weighted by Crippen LogP contribution is 2.45. The maximum Gasteiger partial charge on any atom is 0.320 e. The van der Waals surface area contributed by atoms with Crippen LogP contribution in [0.1, 0.15) is 26.7 Å². The van der Waals surface area contributed by atoms with Crippen molar-refractivity contribution in [1.82, 2.24) is 9.80 Å². The average molecular weight is 377 g/mol. The number of halogens is 1. The zero-order valence-corrected chi connectivity index (χ0v) is 16.0. The number of carbonyl (C=O) groups excluding carboxylic acids is 2. The lowest BCUT2D eigenvalue weighted by molar-refractivity contribution is -0.124. The molecule has 2 aliphatic heterocycles. The normalized spacial score (nSPS) is 21.3. The molecule has 3 rings (SSSR count). The minimum atomic E-state index is -0.342. The molecule has 1 N–H and O–H groups in total. The first-order chi connectivity index (χ1) is 13.0. The van der Waals surface area contributed by atoms with Gasteiger partial charge in [-0.25, -0.2) is 9.18 Å². The van der Waals surface area contributed by atoms with Crippen LogP contribution in [0.4, 0.5) is 14.9 Å². The highest BCUT2D eigenvalue weighted by atomic mass is 19.1. The van der Waals surface area contributed by atoms with E-state index in [2.05, 4.69) is 5.32 Å². The Morgan fingerprint density at radius 1 is 1.22 bits per heavy atom. The quantitative estimate of drug-likeness (QED) is 0.878. The summed E-state index contributed by atoms with van der Waals surface area (Å²) in [5.41, 5.74) is 0.308. The molecule has 27 heavy (non-hydrogen) atoms. The summed E-state index contributed by atoms with van der Waals surface area (Å²) in [7, 11) is 0. The van der Waals surface area contributed by atoms with Gasteiger partial charge in [0.25, 0.3) is 0 Å².